The molecule has 3 heterocycles. The first-order chi connectivity index (χ1) is 14.1. The minimum absolute atomic E-state index is 0.0583. The van der Waals surface area contributed by atoms with Crippen molar-refractivity contribution in [3.63, 3.8) is 0 Å². The van der Waals surface area contributed by atoms with Crippen molar-refractivity contribution < 1.29 is 0 Å². The summed E-state index contributed by atoms with van der Waals surface area (Å²) < 4.78 is 3.72. The summed E-state index contributed by atoms with van der Waals surface area (Å²) in [4.78, 5) is 28.1. The number of nitrogens with zero attached hydrogens (tertiary/aromatic N) is 5. The molecule has 0 spiro atoms. The van der Waals surface area contributed by atoms with Crippen molar-refractivity contribution in [1.29, 1.82) is 0 Å². The van der Waals surface area contributed by atoms with E-state index in [-0.39, 0.29) is 11.6 Å². The fraction of sp³-hybridized carbons (Fsp3) is 0.217. The van der Waals surface area contributed by atoms with E-state index in [9.17, 15) is 4.79 Å². The van der Waals surface area contributed by atoms with Crippen molar-refractivity contribution in [2.45, 2.75) is 33.2 Å². The van der Waals surface area contributed by atoms with Crippen LogP contribution in [0.15, 0.2) is 59.4 Å². The largest absolute Gasteiger partial charge is 0.293 e. The highest BCUT2D eigenvalue weighted by Gasteiger charge is 2.23. The van der Waals surface area contributed by atoms with E-state index in [0.29, 0.717) is 28.0 Å². The van der Waals surface area contributed by atoms with Crippen LogP contribution in [-0.4, -0.2) is 24.1 Å². The first-order valence-electron chi connectivity index (χ1n) is 9.85. The van der Waals surface area contributed by atoms with Gasteiger partial charge in [-0.1, -0.05) is 37.3 Å². The van der Waals surface area contributed by atoms with Crippen molar-refractivity contribution in [3.05, 3.63) is 70.8 Å². The zero-order valence-electron chi connectivity index (χ0n) is 16.6. The van der Waals surface area contributed by atoms with Crippen LogP contribution >= 0.6 is 0 Å². The summed E-state index contributed by atoms with van der Waals surface area (Å²) in [6.07, 6.45) is 0.847. The van der Waals surface area contributed by atoms with Crippen molar-refractivity contribution in [3.8, 4) is 5.69 Å². The van der Waals surface area contributed by atoms with E-state index in [0.717, 1.165) is 23.1 Å². The molecule has 2 aromatic carbocycles. The number of aryl methyl sites for hydroxylation is 1. The Morgan fingerprint density at radius 2 is 1.55 bits per heavy atom. The number of hydrogen-bond acceptors (Lipinski definition) is 4. The van der Waals surface area contributed by atoms with Gasteiger partial charge in [0.05, 0.1) is 11.0 Å². The molecular weight excluding hydrogens is 362 g/mol. The lowest BCUT2D eigenvalue weighted by molar-refractivity contribution is 0.497. The van der Waals surface area contributed by atoms with E-state index in [1.54, 1.807) is 4.57 Å². The van der Waals surface area contributed by atoms with Crippen LogP contribution in [0.5, 0.6) is 0 Å². The highest BCUT2D eigenvalue weighted by Crippen LogP contribution is 2.29. The zero-order valence-corrected chi connectivity index (χ0v) is 16.6. The smallest absolute Gasteiger partial charge is 0.265 e. The maximum atomic E-state index is 13.6. The number of benzene rings is 2. The molecule has 3 aromatic heterocycles. The Labute approximate surface area is 167 Å². The van der Waals surface area contributed by atoms with E-state index < -0.39 is 0 Å². The summed E-state index contributed by atoms with van der Waals surface area (Å²) in [5.74, 6) is 0.696. The zero-order chi connectivity index (χ0) is 20.1. The minimum Gasteiger partial charge on any atom is -0.293 e. The summed E-state index contributed by atoms with van der Waals surface area (Å²) in [5, 5.41) is 0.521. The molecule has 29 heavy (non-hydrogen) atoms. The summed E-state index contributed by atoms with van der Waals surface area (Å²) in [5.41, 5.74) is 4.24. The Morgan fingerprint density at radius 3 is 2.24 bits per heavy atom. The van der Waals surface area contributed by atoms with Crippen molar-refractivity contribution in [2.75, 3.05) is 0 Å². The number of aromatic nitrogens is 5. The maximum Gasteiger partial charge on any atom is 0.265 e. The highest BCUT2D eigenvalue weighted by molar-refractivity contribution is 6.05. The van der Waals surface area contributed by atoms with Crippen LogP contribution in [0.3, 0.4) is 0 Å². The fourth-order valence-electron chi connectivity index (χ4n) is 3.93. The SMILES string of the molecule is CCC(C)n1c(C)nc2c(c1=O)c1nc3ccccc3nc1n2-c1ccccc1. The molecule has 1 unspecified atom stereocenters. The van der Waals surface area contributed by atoms with Gasteiger partial charge in [-0.25, -0.2) is 15.0 Å². The average Bonchev–Trinajstić information content (AvgIpc) is 3.05. The average molecular weight is 383 g/mol. The Morgan fingerprint density at radius 1 is 0.897 bits per heavy atom. The first-order valence-corrected chi connectivity index (χ1v) is 9.85. The van der Waals surface area contributed by atoms with Gasteiger partial charge in [-0.2, -0.15) is 0 Å². The molecule has 0 N–H and O–H groups in total. The third-order valence-corrected chi connectivity index (χ3v) is 5.53. The lowest BCUT2D eigenvalue weighted by Gasteiger charge is -2.16. The van der Waals surface area contributed by atoms with E-state index in [1.165, 1.54) is 0 Å². The van der Waals surface area contributed by atoms with Gasteiger partial charge in [-0.05, 0) is 44.5 Å². The molecule has 0 radical (unpaired) electrons. The summed E-state index contributed by atoms with van der Waals surface area (Å²) >= 11 is 0. The molecule has 6 heteroatoms. The Kier molecular flexibility index (Phi) is 3.94. The van der Waals surface area contributed by atoms with E-state index in [2.05, 4.69) is 6.92 Å². The predicted octanol–water partition coefficient (Wildman–Crippen LogP) is 4.56. The summed E-state index contributed by atoms with van der Waals surface area (Å²) in [6, 6.07) is 17.7. The fourth-order valence-corrected chi connectivity index (χ4v) is 3.93. The highest BCUT2D eigenvalue weighted by atomic mass is 16.1. The second-order valence-electron chi connectivity index (χ2n) is 7.35. The Balaban J connectivity index is 2.03. The molecule has 5 aromatic rings. The number of fused-ring (bicyclic) bond motifs is 4. The van der Waals surface area contributed by atoms with Gasteiger partial charge in [0, 0.05) is 11.7 Å². The molecule has 0 aliphatic heterocycles. The third-order valence-electron chi connectivity index (χ3n) is 5.53. The quantitative estimate of drug-likeness (QED) is 0.458. The maximum absolute atomic E-state index is 13.6. The Bertz CT molecular complexity index is 1430. The van der Waals surface area contributed by atoms with Crippen molar-refractivity contribution in [2.24, 2.45) is 0 Å². The predicted molar refractivity (Wildman–Crippen MR) is 116 cm³/mol. The lowest BCUT2D eigenvalue weighted by Crippen LogP contribution is -2.26. The molecule has 0 fully saturated rings. The topological polar surface area (TPSA) is 65.6 Å². The van der Waals surface area contributed by atoms with Crippen LogP contribution < -0.4 is 5.56 Å². The van der Waals surface area contributed by atoms with Crippen molar-refractivity contribution in [1.82, 2.24) is 24.1 Å². The molecule has 144 valence electrons. The second kappa shape index (κ2) is 6.51. The van der Waals surface area contributed by atoms with Gasteiger partial charge in [0.1, 0.15) is 16.7 Å². The van der Waals surface area contributed by atoms with Crippen LogP contribution in [0.4, 0.5) is 0 Å². The van der Waals surface area contributed by atoms with E-state index in [4.69, 9.17) is 15.0 Å². The molecule has 0 aliphatic rings. The first kappa shape index (κ1) is 17.6. The molecule has 0 amide bonds. The van der Waals surface area contributed by atoms with Gasteiger partial charge in [0.2, 0.25) is 0 Å². The van der Waals surface area contributed by atoms with Gasteiger partial charge >= 0.3 is 0 Å². The van der Waals surface area contributed by atoms with E-state index >= 15 is 0 Å². The number of rotatable bonds is 3. The second-order valence-corrected chi connectivity index (χ2v) is 7.35. The van der Waals surface area contributed by atoms with E-state index in [1.807, 2.05) is 73.0 Å². The normalized spacial score (nSPS) is 12.8. The lowest BCUT2D eigenvalue weighted by atomic mass is 10.2. The Hall–Kier alpha value is -3.54. The molecular formula is C23H21N5O. The summed E-state index contributed by atoms with van der Waals surface area (Å²) in [6.45, 7) is 6.00. The number of hydrogen-bond donors (Lipinski definition) is 0. The molecule has 0 saturated heterocycles. The molecule has 6 nitrogen and oxygen atoms in total. The molecule has 1 atom stereocenters. The van der Waals surface area contributed by atoms with Gasteiger partial charge < -0.3 is 0 Å². The standard InChI is InChI=1S/C23H21N5O/c1-4-14(2)27-15(3)24-21-19(23(27)29)20-22(28(21)16-10-6-5-7-11-16)26-18-13-9-8-12-17(18)25-20/h5-14H,4H2,1-3H3. The van der Waals surface area contributed by atoms with Crippen molar-refractivity contribution >= 4 is 33.2 Å². The molecule has 0 bridgehead atoms. The number of para-hydroxylation sites is 3. The van der Waals surface area contributed by atoms with Crippen LogP contribution in [0.1, 0.15) is 32.1 Å². The molecule has 5 rings (SSSR count). The molecule has 0 aliphatic carbocycles. The molecule has 0 saturated carbocycles. The summed E-state index contributed by atoms with van der Waals surface area (Å²) in [7, 11) is 0. The van der Waals surface area contributed by atoms with Gasteiger partial charge in [-0.15, -0.1) is 0 Å². The minimum atomic E-state index is -0.0638. The van der Waals surface area contributed by atoms with Crippen LogP contribution in [0.25, 0.3) is 38.9 Å². The van der Waals surface area contributed by atoms with Crippen LogP contribution in [0, 0.1) is 6.92 Å². The van der Waals surface area contributed by atoms with Gasteiger partial charge in [-0.3, -0.25) is 13.9 Å². The third kappa shape index (κ3) is 2.56. The van der Waals surface area contributed by atoms with Gasteiger partial charge in [0.25, 0.3) is 5.56 Å². The van der Waals surface area contributed by atoms with Crippen LogP contribution in [-0.2, 0) is 0 Å². The van der Waals surface area contributed by atoms with Gasteiger partial charge in [0.15, 0.2) is 11.3 Å². The monoisotopic (exact) mass is 383 g/mol. The van der Waals surface area contributed by atoms with Crippen LogP contribution in [0.2, 0.25) is 0 Å².